The van der Waals surface area contributed by atoms with Gasteiger partial charge in [-0.05, 0) is 74.2 Å². The molecule has 4 unspecified atom stereocenters. The summed E-state index contributed by atoms with van der Waals surface area (Å²) in [5, 5.41) is 0.476. The number of hydroxylamine groups is 2. The molecule has 38 heavy (non-hydrogen) atoms. The van der Waals surface area contributed by atoms with Crippen LogP contribution in [0.4, 0.5) is 0 Å². The standard InChI is InChI=1S/C29H37NO8/c1-16(31)20-6-7-21-19-5-4-17-14-18(32)12-13-28(17,2)27(19)22(15-29(20,21)3)37-25(35)10-11-26(36)38-30-23(33)8-9-24(30)34/h14,19-22,27H,4-13,15H2,1-3H3/t19?,20?,21?,22-,27?,28+,29-/m1/s1. The van der Waals surface area contributed by atoms with E-state index in [1.165, 1.54) is 0 Å². The summed E-state index contributed by atoms with van der Waals surface area (Å²) in [7, 11) is 0. The van der Waals surface area contributed by atoms with Crippen LogP contribution in [0, 0.1) is 34.5 Å². The van der Waals surface area contributed by atoms with Crippen molar-refractivity contribution in [1.82, 2.24) is 5.06 Å². The number of carbonyl (C=O) groups excluding carboxylic acids is 6. The minimum Gasteiger partial charge on any atom is -0.462 e. The number of nitrogens with zero attached hydrogens (tertiary/aromatic N) is 1. The second-order valence-corrected chi connectivity index (χ2v) is 12.4. The minimum atomic E-state index is -0.841. The maximum atomic E-state index is 13.1. The molecule has 2 amide bonds. The second-order valence-electron chi connectivity index (χ2n) is 12.4. The van der Waals surface area contributed by atoms with Crippen molar-refractivity contribution in [2.75, 3.05) is 0 Å². The van der Waals surface area contributed by atoms with Crippen LogP contribution in [0.1, 0.15) is 91.4 Å². The first kappa shape index (κ1) is 26.8. The van der Waals surface area contributed by atoms with Gasteiger partial charge in [-0.1, -0.05) is 19.4 Å². The van der Waals surface area contributed by atoms with Gasteiger partial charge in [-0.2, -0.15) is 0 Å². The molecule has 4 fully saturated rings. The highest BCUT2D eigenvalue weighted by molar-refractivity contribution is 6.01. The van der Waals surface area contributed by atoms with E-state index in [0.29, 0.717) is 23.8 Å². The normalized spacial score (nSPS) is 38.2. The molecule has 7 atom stereocenters. The molecule has 1 aliphatic heterocycles. The lowest BCUT2D eigenvalue weighted by Gasteiger charge is -2.60. The summed E-state index contributed by atoms with van der Waals surface area (Å²) in [5.74, 6) is -1.59. The first-order valence-electron chi connectivity index (χ1n) is 13.9. The Labute approximate surface area is 222 Å². The second kappa shape index (κ2) is 9.72. The highest BCUT2D eigenvalue weighted by Gasteiger charge is 2.63. The molecule has 1 heterocycles. The average molecular weight is 528 g/mol. The minimum absolute atomic E-state index is 0.000207. The number of amides is 2. The molecule has 0 aromatic rings. The Hall–Kier alpha value is -2.84. The van der Waals surface area contributed by atoms with Gasteiger partial charge in [0.25, 0.3) is 11.8 Å². The van der Waals surface area contributed by atoms with E-state index in [1.807, 2.05) is 0 Å². The molecule has 206 valence electrons. The molecule has 0 N–H and O–H groups in total. The zero-order chi connectivity index (χ0) is 27.4. The maximum Gasteiger partial charge on any atom is 0.333 e. The number of Topliss-reactive ketones (excluding diaryl/α,β-unsaturated/α-hetero) is 1. The van der Waals surface area contributed by atoms with Gasteiger partial charge in [-0.3, -0.25) is 24.0 Å². The molecule has 1 saturated heterocycles. The molecule has 5 aliphatic rings. The third-order valence-corrected chi connectivity index (χ3v) is 10.4. The number of ether oxygens (including phenoxy) is 1. The van der Waals surface area contributed by atoms with Gasteiger partial charge in [0, 0.05) is 31.1 Å². The number of rotatable bonds is 6. The van der Waals surface area contributed by atoms with E-state index in [2.05, 4.69) is 13.8 Å². The summed E-state index contributed by atoms with van der Waals surface area (Å²) in [5.41, 5.74) is 0.617. The number of carbonyl (C=O) groups is 6. The fourth-order valence-corrected chi connectivity index (χ4v) is 8.67. The van der Waals surface area contributed by atoms with Gasteiger partial charge in [0.05, 0.1) is 12.8 Å². The monoisotopic (exact) mass is 527 g/mol. The van der Waals surface area contributed by atoms with Crippen LogP contribution in [0.3, 0.4) is 0 Å². The van der Waals surface area contributed by atoms with E-state index in [1.54, 1.807) is 13.0 Å². The Balaban J connectivity index is 1.34. The number of allylic oxidation sites excluding steroid dienone is 1. The maximum absolute atomic E-state index is 13.1. The van der Waals surface area contributed by atoms with Crippen LogP contribution in [-0.4, -0.2) is 46.5 Å². The zero-order valence-electron chi connectivity index (χ0n) is 22.5. The van der Waals surface area contributed by atoms with Crippen molar-refractivity contribution in [1.29, 1.82) is 0 Å². The predicted octanol–water partition coefficient (Wildman–Crippen LogP) is 3.63. The van der Waals surface area contributed by atoms with Crippen molar-refractivity contribution in [3.8, 4) is 0 Å². The summed E-state index contributed by atoms with van der Waals surface area (Å²) in [6.07, 6.45) is 6.16. The fraction of sp³-hybridized carbons (Fsp3) is 0.724. The van der Waals surface area contributed by atoms with Gasteiger partial charge in [-0.15, -0.1) is 5.06 Å². The van der Waals surface area contributed by atoms with Crippen LogP contribution in [0.15, 0.2) is 11.6 Å². The molecule has 5 rings (SSSR count). The summed E-state index contributed by atoms with van der Waals surface area (Å²) >= 11 is 0. The van der Waals surface area contributed by atoms with Crippen LogP contribution in [0.2, 0.25) is 0 Å². The summed E-state index contributed by atoms with van der Waals surface area (Å²) in [6.45, 7) is 6.03. The quantitative estimate of drug-likeness (QED) is 0.379. The van der Waals surface area contributed by atoms with Crippen molar-refractivity contribution in [2.24, 2.45) is 34.5 Å². The van der Waals surface area contributed by atoms with Gasteiger partial charge in [0.2, 0.25) is 0 Å². The Morgan fingerprint density at radius 2 is 1.63 bits per heavy atom. The van der Waals surface area contributed by atoms with Crippen molar-refractivity contribution in [2.45, 2.75) is 97.5 Å². The van der Waals surface area contributed by atoms with Crippen molar-refractivity contribution < 1.29 is 38.3 Å². The Morgan fingerprint density at radius 3 is 2.32 bits per heavy atom. The zero-order valence-corrected chi connectivity index (χ0v) is 22.5. The van der Waals surface area contributed by atoms with E-state index in [9.17, 15) is 28.8 Å². The smallest absolute Gasteiger partial charge is 0.333 e. The van der Waals surface area contributed by atoms with Crippen molar-refractivity contribution in [3.05, 3.63) is 11.6 Å². The number of hydrogen-bond acceptors (Lipinski definition) is 8. The summed E-state index contributed by atoms with van der Waals surface area (Å²) < 4.78 is 6.15. The third kappa shape index (κ3) is 4.41. The SMILES string of the molecule is CC(=O)C1CCC2C3CCC4=CC(=O)CC[C@]4(C)C3[C@H](OC(=O)CCC(=O)ON3C(=O)CCC3=O)C[C@]12C. The average Bonchev–Trinajstić information content (AvgIpc) is 3.36. The van der Waals surface area contributed by atoms with Crippen molar-refractivity contribution >= 4 is 35.3 Å². The molecule has 9 nitrogen and oxygen atoms in total. The van der Waals surface area contributed by atoms with Crippen molar-refractivity contribution in [3.63, 3.8) is 0 Å². The summed E-state index contributed by atoms with van der Waals surface area (Å²) in [4.78, 5) is 78.5. The molecule has 0 spiro atoms. The van der Waals surface area contributed by atoms with Crippen LogP contribution >= 0.6 is 0 Å². The van der Waals surface area contributed by atoms with Crippen LogP contribution in [0.5, 0.6) is 0 Å². The fourth-order valence-electron chi connectivity index (χ4n) is 8.67. The number of imide groups is 1. The van der Waals surface area contributed by atoms with E-state index < -0.39 is 29.9 Å². The molecular formula is C29H37NO8. The number of esters is 1. The van der Waals surface area contributed by atoms with Gasteiger partial charge in [0.15, 0.2) is 5.78 Å². The summed E-state index contributed by atoms with van der Waals surface area (Å²) in [6, 6.07) is 0. The molecule has 3 saturated carbocycles. The van der Waals surface area contributed by atoms with Crippen LogP contribution in [-0.2, 0) is 38.3 Å². The number of ketones is 2. The topological polar surface area (TPSA) is 124 Å². The van der Waals surface area contributed by atoms with E-state index in [-0.39, 0.29) is 65.8 Å². The molecule has 9 heteroatoms. The first-order valence-corrected chi connectivity index (χ1v) is 13.9. The lowest BCUT2D eigenvalue weighted by atomic mass is 9.46. The Morgan fingerprint density at radius 1 is 0.947 bits per heavy atom. The van der Waals surface area contributed by atoms with Crippen LogP contribution in [0.25, 0.3) is 0 Å². The largest absolute Gasteiger partial charge is 0.462 e. The van der Waals surface area contributed by atoms with Gasteiger partial charge in [-0.25, -0.2) is 4.79 Å². The lowest BCUT2D eigenvalue weighted by Crippen LogP contribution is -2.58. The predicted molar refractivity (Wildman–Crippen MR) is 133 cm³/mol. The molecule has 0 aromatic heterocycles. The molecular weight excluding hydrogens is 490 g/mol. The number of hydrogen-bond donors (Lipinski definition) is 0. The molecule has 0 bridgehead atoms. The Kier molecular flexibility index (Phi) is 6.84. The molecule has 0 aromatic carbocycles. The van der Waals surface area contributed by atoms with Crippen LogP contribution < -0.4 is 0 Å². The highest BCUT2D eigenvalue weighted by Crippen LogP contribution is 2.67. The lowest BCUT2D eigenvalue weighted by molar-refractivity contribution is -0.198. The van der Waals surface area contributed by atoms with Gasteiger partial charge >= 0.3 is 11.9 Å². The highest BCUT2D eigenvalue weighted by atomic mass is 16.7. The number of fused-ring (bicyclic) bond motifs is 5. The third-order valence-electron chi connectivity index (χ3n) is 10.4. The van der Waals surface area contributed by atoms with E-state index >= 15 is 0 Å². The van der Waals surface area contributed by atoms with E-state index in [0.717, 1.165) is 37.7 Å². The van der Waals surface area contributed by atoms with E-state index in [4.69, 9.17) is 9.57 Å². The Bertz CT molecular complexity index is 1110. The first-order chi connectivity index (χ1) is 17.9. The molecule has 0 radical (unpaired) electrons. The molecule has 4 aliphatic carbocycles. The van der Waals surface area contributed by atoms with Gasteiger partial charge in [0.1, 0.15) is 11.9 Å². The van der Waals surface area contributed by atoms with Gasteiger partial charge < -0.3 is 9.57 Å².